The van der Waals surface area contributed by atoms with Crippen LogP contribution in [0.15, 0.2) is 72.9 Å². The number of aliphatic hydroxyl groups excluding tert-OH is 1. The Bertz CT molecular complexity index is 1260. The number of carbonyl (C=O) groups excluding carboxylic acids is 2. The van der Waals surface area contributed by atoms with Crippen LogP contribution in [-0.4, -0.2) is 58.3 Å². The van der Waals surface area contributed by atoms with Crippen molar-refractivity contribution in [2.24, 2.45) is 0 Å². The molecule has 1 aromatic heterocycles. The van der Waals surface area contributed by atoms with Crippen LogP contribution >= 0.6 is 0 Å². The minimum atomic E-state index is -0.585. The minimum absolute atomic E-state index is 0.00894. The van der Waals surface area contributed by atoms with Gasteiger partial charge in [0.25, 0.3) is 0 Å². The largest absolute Gasteiger partial charge is 0.392 e. The first-order chi connectivity index (χ1) is 20.4. The SMILES string of the molecule is CN(CCc1ccccn1)C[C@H]1C[C@@H](c2ccc(CO)cc2)O[C@@H](c2ccc(NC(=O)CCCCC(=O)NO)cc2)O1. The molecule has 224 valence electrons. The number of unbranched alkanes of at least 4 members (excludes halogenated alkanes) is 1. The zero-order valence-corrected chi connectivity index (χ0v) is 23.9. The van der Waals surface area contributed by atoms with Gasteiger partial charge in [0.05, 0.1) is 18.8 Å². The summed E-state index contributed by atoms with van der Waals surface area (Å²) >= 11 is 0. The molecule has 3 aromatic rings. The number of benzene rings is 2. The van der Waals surface area contributed by atoms with Gasteiger partial charge in [0.15, 0.2) is 6.29 Å². The van der Waals surface area contributed by atoms with Crippen molar-refractivity contribution in [2.75, 3.05) is 25.5 Å². The van der Waals surface area contributed by atoms with Gasteiger partial charge in [-0.1, -0.05) is 42.5 Å². The maximum atomic E-state index is 12.3. The van der Waals surface area contributed by atoms with E-state index in [9.17, 15) is 14.7 Å². The molecule has 1 aliphatic heterocycles. The van der Waals surface area contributed by atoms with Gasteiger partial charge in [-0.15, -0.1) is 0 Å². The van der Waals surface area contributed by atoms with Crippen LogP contribution in [0.4, 0.5) is 5.69 Å². The van der Waals surface area contributed by atoms with Crippen LogP contribution in [0.1, 0.15) is 66.9 Å². The van der Waals surface area contributed by atoms with Gasteiger partial charge >= 0.3 is 0 Å². The highest BCUT2D eigenvalue weighted by molar-refractivity contribution is 5.90. The number of rotatable bonds is 14. The van der Waals surface area contributed by atoms with Gasteiger partial charge in [0, 0.05) is 61.9 Å². The topological polar surface area (TPSA) is 133 Å². The number of nitrogens with one attached hydrogen (secondary N) is 2. The number of anilines is 1. The highest BCUT2D eigenvalue weighted by Crippen LogP contribution is 2.38. The summed E-state index contributed by atoms with van der Waals surface area (Å²) in [5, 5.41) is 20.9. The number of likely N-dealkylation sites (N-methyl/N-ethyl adjacent to an activating group) is 1. The number of pyridine rings is 1. The van der Waals surface area contributed by atoms with Crippen LogP contribution in [-0.2, 0) is 32.1 Å². The molecule has 42 heavy (non-hydrogen) atoms. The van der Waals surface area contributed by atoms with Crippen LogP contribution in [0.5, 0.6) is 0 Å². The fourth-order valence-electron chi connectivity index (χ4n) is 4.90. The number of hydrogen-bond acceptors (Lipinski definition) is 8. The molecule has 0 radical (unpaired) electrons. The molecule has 2 amide bonds. The number of carbonyl (C=O) groups is 2. The van der Waals surface area contributed by atoms with E-state index in [1.54, 1.807) is 5.48 Å². The Labute approximate surface area is 246 Å². The molecule has 0 bridgehead atoms. The number of hydroxylamine groups is 1. The lowest BCUT2D eigenvalue weighted by Crippen LogP contribution is -2.38. The third kappa shape index (κ3) is 9.71. The van der Waals surface area contributed by atoms with Crippen LogP contribution in [0, 0.1) is 0 Å². The predicted molar refractivity (Wildman–Crippen MR) is 157 cm³/mol. The van der Waals surface area contributed by atoms with Crippen molar-refractivity contribution >= 4 is 17.5 Å². The maximum absolute atomic E-state index is 12.3. The molecule has 10 heteroatoms. The Balaban J connectivity index is 1.38. The third-order valence-electron chi connectivity index (χ3n) is 7.26. The number of aromatic nitrogens is 1. The normalized spacial score (nSPS) is 18.5. The molecular weight excluding hydrogens is 536 g/mol. The summed E-state index contributed by atoms with van der Waals surface area (Å²) in [4.78, 5) is 30.1. The molecule has 0 spiro atoms. The Kier molecular flexibility index (Phi) is 12.0. The van der Waals surface area contributed by atoms with E-state index < -0.39 is 12.2 Å². The van der Waals surface area contributed by atoms with Crippen molar-refractivity contribution in [3.05, 3.63) is 95.3 Å². The molecule has 4 N–H and O–H groups in total. The maximum Gasteiger partial charge on any atom is 0.243 e. The minimum Gasteiger partial charge on any atom is -0.392 e. The highest BCUT2D eigenvalue weighted by Gasteiger charge is 2.32. The summed E-state index contributed by atoms with van der Waals surface area (Å²) in [7, 11) is 2.08. The van der Waals surface area contributed by atoms with Gasteiger partial charge in [-0.2, -0.15) is 0 Å². The Morgan fingerprint density at radius 2 is 1.67 bits per heavy atom. The van der Waals surface area contributed by atoms with E-state index in [1.165, 1.54) is 0 Å². The lowest BCUT2D eigenvalue weighted by atomic mass is 9.99. The first-order valence-electron chi connectivity index (χ1n) is 14.4. The zero-order valence-electron chi connectivity index (χ0n) is 23.9. The second-order valence-corrected chi connectivity index (χ2v) is 10.6. The van der Waals surface area contributed by atoms with Gasteiger partial charge < -0.3 is 24.8 Å². The lowest BCUT2D eigenvalue weighted by molar-refractivity contribution is -0.252. The first-order valence-corrected chi connectivity index (χ1v) is 14.4. The van der Waals surface area contributed by atoms with Crippen molar-refractivity contribution in [3.8, 4) is 0 Å². The van der Waals surface area contributed by atoms with Crippen LogP contribution < -0.4 is 10.8 Å². The van der Waals surface area contributed by atoms with E-state index in [1.807, 2.05) is 72.9 Å². The summed E-state index contributed by atoms with van der Waals surface area (Å²) in [5.74, 6) is -0.599. The average Bonchev–Trinajstić information content (AvgIpc) is 3.02. The Morgan fingerprint density at radius 1 is 0.952 bits per heavy atom. The molecule has 0 saturated carbocycles. The lowest BCUT2D eigenvalue weighted by Gasteiger charge is -2.38. The van der Waals surface area contributed by atoms with Gasteiger partial charge in [0.2, 0.25) is 11.8 Å². The second-order valence-electron chi connectivity index (χ2n) is 10.6. The smallest absolute Gasteiger partial charge is 0.243 e. The Morgan fingerprint density at radius 3 is 2.33 bits per heavy atom. The van der Waals surface area contributed by atoms with E-state index in [4.69, 9.17) is 14.7 Å². The summed E-state index contributed by atoms with van der Waals surface area (Å²) in [6.45, 7) is 1.57. The van der Waals surface area contributed by atoms with Gasteiger partial charge in [0.1, 0.15) is 0 Å². The third-order valence-corrected chi connectivity index (χ3v) is 7.26. The average molecular weight is 577 g/mol. The van der Waals surface area contributed by atoms with Crippen molar-refractivity contribution < 1.29 is 29.4 Å². The fourth-order valence-corrected chi connectivity index (χ4v) is 4.90. The van der Waals surface area contributed by atoms with E-state index in [0.717, 1.165) is 41.9 Å². The number of amides is 2. The van der Waals surface area contributed by atoms with Crippen LogP contribution in [0.3, 0.4) is 0 Å². The number of aliphatic hydroxyl groups is 1. The standard InChI is InChI=1S/C32H40N4O6/c1-36(19-17-26-6-4-5-18-33-26)21-28-20-29(24-11-9-23(22-37)10-12-24)42-32(41-28)25-13-15-27(16-14-25)34-30(38)7-2-3-8-31(39)35-40/h4-6,9-16,18,28-29,32,37,40H,2-3,7-8,17,19-22H2,1H3,(H,34,38)(H,35,39)/t28-,29+,32+/m1/s1. The molecule has 4 rings (SSSR count). The van der Waals surface area contributed by atoms with Crippen molar-refractivity contribution in [1.82, 2.24) is 15.4 Å². The number of hydrogen-bond donors (Lipinski definition) is 4. The molecule has 1 fully saturated rings. The van der Waals surface area contributed by atoms with Crippen molar-refractivity contribution in [1.29, 1.82) is 0 Å². The molecule has 2 heterocycles. The summed E-state index contributed by atoms with van der Waals surface area (Å²) in [6, 6.07) is 21.2. The molecule has 10 nitrogen and oxygen atoms in total. The van der Waals surface area contributed by atoms with Crippen molar-refractivity contribution in [2.45, 2.75) is 63.6 Å². The Hall–Kier alpha value is -3.67. The molecule has 1 saturated heterocycles. The van der Waals surface area contributed by atoms with Gasteiger partial charge in [-0.05, 0) is 55.3 Å². The fraction of sp³-hybridized carbons (Fsp3) is 0.406. The van der Waals surface area contributed by atoms with Crippen LogP contribution in [0.2, 0.25) is 0 Å². The monoisotopic (exact) mass is 576 g/mol. The first kappa shape index (κ1) is 31.3. The quantitative estimate of drug-likeness (QED) is 0.127. The zero-order chi connectivity index (χ0) is 29.7. The molecule has 0 unspecified atom stereocenters. The van der Waals surface area contributed by atoms with Gasteiger partial charge in [-0.25, -0.2) is 5.48 Å². The summed E-state index contributed by atoms with van der Waals surface area (Å²) < 4.78 is 12.9. The molecule has 2 aromatic carbocycles. The molecular formula is C32H40N4O6. The molecule has 3 atom stereocenters. The summed E-state index contributed by atoms with van der Waals surface area (Å²) in [6.07, 6.45) is 4.02. The number of nitrogens with zero attached hydrogens (tertiary/aromatic N) is 2. The highest BCUT2D eigenvalue weighted by atomic mass is 16.7. The summed E-state index contributed by atoms with van der Waals surface area (Å²) in [5.41, 5.74) is 6.03. The van der Waals surface area contributed by atoms with E-state index in [-0.39, 0.29) is 37.6 Å². The van der Waals surface area contributed by atoms with Gasteiger partial charge in [-0.3, -0.25) is 19.8 Å². The van der Waals surface area contributed by atoms with E-state index in [0.29, 0.717) is 24.9 Å². The molecule has 0 aliphatic carbocycles. The molecule has 1 aliphatic rings. The van der Waals surface area contributed by atoms with E-state index in [2.05, 4.69) is 22.2 Å². The predicted octanol–water partition coefficient (Wildman–Crippen LogP) is 4.30. The second kappa shape index (κ2) is 16.1. The van der Waals surface area contributed by atoms with Crippen molar-refractivity contribution in [3.63, 3.8) is 0 Å². The van der Waals surface area contributed by atoms with Crippen LogP contribution in [0.25, 0.3) is 0 Å². The number of ether oxygens (including phenoxy) is 2. The van der Waals surface area contributed by atoms with E-state index >= 15 is 0 Å².